The molecule has 2 unspecified atom stereocenters. The third-order valence-corrected chi connectivity index (χ3v) is 6.90. The van der Waals surface area contributed by atoms with Gasteiger partial charge in [0, 0.05) is 13.6 Å². The Hall–Kier alpha value is -3.53. The second kappa shape index (κ2) is 12.8. The second-order valence-corrected chi connectivity index (χ2v) is 11.0. The molecule has 0 bridgehead atoms. The number of benzene rings is 2. The molecule has 0 aliphatic heterocycles. The normalized spacial score (nSPS) is 14.7. The van der Waals surface area contributed by atoms with Crippen LogP contribution in [0.5, 0.6) is 0 Å². The number of ether oxygens (including phenoxy) is 2. The summed E-state index contributed by atoms with van der Waals surface area (Å²) in [6.45, 7) is 9.85. The molecule has 2 rings (SSSR count). The van der Waals surface area contributed by atoms with Crippen LogP contribution >= 0.6 is 0 Å². The molecule has 0 fully saturated rings. The number of rotatable bonds is 12. The van der Waals surface area contributed by atoms with E-state index >= 15 is 0 Å². The molecule has 10 heteroatoms. The lowest BCUT2D eigenvalue weighted by Crippen LogP contribution is -2.55. The van der Waals surface area contributed by atoms with Crippen LogP contribution in [0.1, 0.15) is 59.1 Å². The van der Waals surface area contributed by atoms with Gasteiger partial charge in [0.2, 0.25) is 0 Å². The maximum absolute atomic E-state index is 15.0. The highest BCUT2D eigenvalue weighted by Gasteiger charge is 2.48. The molecule has 220 valence electrons. The van der Waals surface area contributed by atoms with Gasteiger partial charge in [0.15, 0.2) is 0 Å². The van der Waals surface area contributed by atoms with Gasteiger partial charge < -0.3 is 19.5 Å². The molecule has 1 N–H and O–H groups in total. The third kappa shape index (κ3) is 7.15. The predicted octanol–water partition coefficient (Wildman–Crippen LogP) is 4.89. The SMILES string of the molecule is CCOC(=O)C(C)(CN(C)C(CC)(C(=O)O)c1ccc(F)c(N(C)CC(=O)OC(C)(C)C)c1)c1ccc(F)cc1. The Labute approximate surface area is 234 Å². The van der Waals surface area contributed by atoms with Crippen molar-refractivity contribution in [3.8, 4) is 0 Å². The van der Waals surface area contributed by atoms with Gasteiger partial charge in [0.05, 0.1) is 12.3 Å². The summed E-state index contributed by atoms with van der Waals surface area (Å²) in [7, 11) is 3.07. The summed E-state index contributed by atoms with van der Waals surface area (Å²) in [5.41, 5.74) is -3.05. The quantitative estimate of drug-likeness (QED) is 0.366. The first kappa shape index (κ1) is 32.7. The van der Waals surface area contributed by atoms with E-state index in [1.807, 2.05) is 0 Å². The van der Waals surface area contributed by atoms with E-state index in [9.17, 15) is 28.3 Å². The standard InChI is InChI=1S/C30H40F2N2O6/c1-9-30(26(36)37,21-13-16-23(32)24(17-21)33(7)18-25(35)40-28(3,4)5)34(8)19-29(6,27(38)39-10-2)20-11-14-22(31)15-12-20/h11-17H,9-10,18-19H2,1-8H3,(H,36,37). The summed E-state index contributed by atoms with van der Waals surface area (Å²) in [6, 6.07) is 9.32. The summed E-state index contributed by atoms with van der Waals surface area (Å²) < 4.78 is 39.3. The van der Waals surface area contributed by atoms with Gasteiger partial charge in [0.1, 0.15) is 34.7 Å². The molecular weight excluding hydrogens is 522 g/mol. The molecule has 0 saturated carbocycles. The Morgan fingerprint density at radius 3 is 2.00 bits per heavy atom. The van der Waals surface area contributed by atoms with Crippen LogP contribution in [0.3, 0.4) is 0 Å². The number of halogens is 2. The van der Waals surface area contributed by atoms with Gasteiger partial charge in [0.25, 0.3) is 0 Å². The number of hydrogen-bond acceptors (Lipinski definition) is 7. The average Bonchev–Trinajstić information content (AvgIpc) is 2.84. The van der Waals surface area contributed by atoms with Crippen molar-refractivity contribution in [2.45, 2.75) is 64.5 Å². The summed E-state index contributed by atoms with van der Waals surface area (Å²) in [5.74, 6) is -3.50. The number of hydrogen-bond donors (Lipinski definition) is 1. The van der Waals surface area contributed by atoms with Crippen molar-refractivity contribution in [3.63, 3.8) is 0 Å². The third-order valence-electron chi connectivity index (χ3n) is 6.90. The van der Waals surface area contributed by atoms with Gasteiger partial charge in [-0.1, -0.05) is 25.1 Å². The lowest BCUT2D eigenvalue weighted by Gasteiger charge is -2.42. The van der Waals surface area contributed by atoms with E-state index in [2.05, 4.69) is 0 Å². The van der Waals surface area contributed by atoms with Crippen molar-refractivity contribution >= 4 is 23.6 Å². The fourth-order valence-electron chi connectivity index (χ4n) is 4.84. The Kier molecular flexibility index (Phi) is 10.4. The number of aliphatic carboxylic acids is 1. The van der Waals surface area contributed by atoms with E-state index in [0.29, 0.717) is 5.56 Å². The molecule has 2 aromatic rings. The van der Waals surface area contributed by atoms with E-state index < -0.39 is 46.1 Å². The van der Waals surface area contributed by atoms with Gasteiger partial charge in [-0.25, -0.2) is 13.6 Å². The van der Waals surface area contributed by atoms with Gasteiger partial charge in [-0.15, -0.1) is 0 Å². The van der Waals surface area contributed by atoms with Gasteiger partial charge in [-0.3, -0.25) is 14.5 Å². The predicted molar refractivity (Wildman–Crippen MR) is 148 cm³/mol. The van der Waals surface area contributed by atoms with Crippen LogP contribution in [0.2, 0.25) is 0 Å². The number of carboxylic acid groups (broad SMARTS) is 1. The molecule has 0 saturated heterocycles. The van der Waals surface area contributed by atoms with E-state index in [1.54, 1.807) is 48.6 Å². The van der Waals surface area contributed by atoms with Crippen molar-refractivity contribution in [3.05, 3.63) is 65.2 Å². The molecule has 0 amide bonds. The van der Waals surface area contributed by atoms with Crippen LogP contribution in [0.25, 0.3) is 0 Å². The zero-order chi connectivity index (χ0) is 30.5. The van der Waals surface area contributed by atoms with Crippen molar-refractivity contribution in [2.24, 2.45) is 0 Å². The van der Waals surface area contributed by atoms with Crippen molar-refractivity contribution in [1.82, 2.24) is 4.90 Å². The van der Waals surface area contributed by atoms with E-state index in [0.717, 1.165) is 6.07 Å². The highest BCUT2D eigenvalue weighted by Crippen LogP contribution is 2.38. The van der Waals surface area contributed by atoms with Crippen LogP contribution in [0.15, 0.2) is 42.5 Å². The smallest absolute Gasteiger partial charge is 0.328 e. The lowest BCUT2D eigenvalue weighted by atomic mass is 9.78. The molecule has 40 heavy (non-hydrogen) atoms. The molecule has 0 aliphatic carbocycles. The average molecular weight is 563 g/mol. The molecule has 8 nitrogen and oxygen atoms in total. The van der Waals surface area contributed by atoms with Crippen molar-refractivity contribution in [1.29, 1.82) is 0 Å². The maximum atomic E-state index is 15.0. The monoisotopic (exact) mass is 562 g/mol. The van der Waals surface area contributed by atoms with Crippen LogP contribution in [0.4, 0.5) is 14.5 Å². The molecule has 0 aliphatic rings. The fraction of sp³-hybridized carbons (Fsp3) is 0.500. The fourth-order valence-corrected chi connectivity index (χ4v) is 4.84. The Bertz CT molecular complexity index is 1210. The van der Waals surface area contributed by atoms with Crippen LogP contribution in [0, 0.1) is 11.6 Å². The number of likely N-dealkylation sites (N-methyl/N-ethyl adjacent to an activating group) is 2. The zero-order valence-corrected chi connectivity index (χ0v) is 24.5. The van der Waals surface area contributed by atoms with Crippen LogP contribution in [-0.4, -0.2) is 67.3 Å². The second-order valence-electron chi connectivity index (χ2n) is 11.0. The molecule has 0 heterocycles. The van der Waals surface area contributed by atoms with E-state index in [4.69, 9.17) is 9.47 Å². The van der Waals surface area contributed by atoms with Gasteiger partial charge in [-0.2, -0.15) is 0 Å². The number of anilines is 1. The first-order valence-electron chi connectivity index (χ1n) is 13.1. The number of esters is 2. The molecule has 0 radical (unpaired) electrons. The molecule has 0 aromatic heterocycles. The summed E-state index contributed by atoms with van der Waals surface area (Å²) >= 11 is 0. The molecule has 0 spiro atoms. The van der Waals surface area contributed by atoms with Gasteiger partial charge >= 0.3 is 17.9 Å². The number of carbonyl (C=O) groups excluding carboxylic acids is 2. The number of nitrogens with zero attached hydrogens (tertiary/aromatic N) is 2. The molecule has 2 aromatic carbocycles. The topological polar surface area (TPSA) is 96.4 Å². The van der Waals surface area contributed by atoms with Crippen molar-refractivity contribution < 1.29 is 37.7 Å². The number of carbonyl (C=O) groups is 3. The van der Waals surface area contributed by atoms with E-state index in [-0.39, 0.29) is 37.4 Å². The minimum Gasteiger partial charge on any atom is -0.480 e. The first-order chi connectivity index (χ1) is 18.5. The summed E-state index contributed by atoms with van der Waals surface area (Å²) in [4.78, 5) is 41.4. The minimum atomic E-state index is -1.69. The van der Waals surface area contributed by atoms with Crippen molar-refractivity contribution in [2.75, 3.05) is 38.7 Å². The summed E-state index contributed by atoms with van der Waals surface area (Å²) in [5, 5.41) is 10.6. The highest BCUT2D eigenvalue weighted by molar-refractivity contribution is 5.84. The molecular formula is C30H40F2N2O6. The Morgan fingerprint density at radius 2 is 1.50 bits per heavy atom. The number of carboxylic acids is 1. The van der Waals surface area contributed by atoms with Gasteiger partial charge in [-0.05, 0) is 83.5 Å². The Morgan fingerprint density at radius 1 is 0.925 bits per heavy atom. The van der Waals surface area contributed by atoms with E-state index in [1.165, 1.54) is 53.2 Å². The van der Waals surface area contributed by atoms with Crippen LogP contribution < -0.4 is 4.90 Å². The van der Waals surface area contributed by atoms with Crippen LogP contribution in [-0.2, 0) is 34.8 Å². The maximum Gasteiger partial charge on any atom is 0.328 e. The molecule has 2 atom stereocenters. The highest BCUT2D eigenvalue weighted by atomic mass is 19.1. The first-order valence-corrected chi connectivity index (χ1v) is 13.1. The summed E-state index contributed by atoms with van der Waals surface area (Å²) in [6.07, 6.45) is 0.0575. The minimum absolute atomic E-state index is 0.0162. The zero-order valence-electron chi connectivity index (χ0n) is 24.5. The Balaban J connectivity index is 2.57. The lowest BCUT2D eigenvalue weighted by molar-refractivity contribution is -0.157. The largest absolute Gasteiger partial charge is 0.480 e.